The zero-order valence-electron chi connectivity index (χ0n) is 13.2. The Labute approximate surface area is 144 Å². The number of hydrogen-bond donors (Lipinski definition) is 2. The summed E-state index contributed by atoms with van der Waals surface area (Å²) in [7, 11) is 0. The minimum absolute atomic E-state index is 0.143. The number of thioether (sulfide) groups is 1. The van der Waals surface area contributed by atoms with Gasteiger partial charge in [-0.3, -0.25) is 4.79 Å². The van der Waals surface area contributed by atoms with E-state index in [1.165, 1.54) is 35.2 Å². The molecule has 0 aromatic heterocycles. The van der Waals surface area contributed by atoms with Crippen molar-refractivity contribution in [3.05, 3.63) is 70.8 Å². The standard InChI is InChI=1S/C18H18N2O3S/c1-13-6-2-3-8-15(13)11-24-12-17(21)20-19-10-14-7-4-5-9-16(14)18(22)23/h2-10H,11-12H2,1H3,(H,20,21)(H,22,23). The van der Waals surface area contributed by atoms with E-state index in [1.54, 1.807) is 18.2 Å². The second kappa shape index (κ2) is 8.88. The molecule has 1 amide bonds. The Bertz CT molecular complexity index is 759. The van der Waals surface area contributed by atoms with Crippen molar-refractivity contribution < 1.29 is 14.7 Å². The Morgan fingerprint density at radius 1 is 1.17 bits per heavy atom. The lowest BCUT2D eigenvalue weighted by molar-refractivity contribution is -0.118. The van der Waals surface area contributed by atoms with Crippen LogP contribution >= 0.6 is 11.8 Å². The van der Waals surface area contributed by atoms with Gasteiger partial charge in [-0.2, -0.15) is 5.10 Å². The summed E-state index contributed by atoms with van der Waals surface area (Å²) in [6.07, 6.45) is 1.34. The molecule has 0 aliphatic heterocycles. The molecular weight excluding hydrogens is 324 g/mol. The monoisotopic (exact) mass is 342 g/mol. The molecule has 0 bridgehead atoms. The van der Waals surface area contributed by atoms with Crippen LogP contribution in [-0.4, -0.2) is 29.0 Å². The van der Waals surface area contributed by atoms with Crippen LogP contribution in [-0.2, 0) is 10.5 Å². The lowest BCUT2D eigenvalue weighted by atomic mass is 10.1. The van der Waals surface area contributed by atoms with Crippen LogP contribution in [0.5, 0.6) is 0 Å². The van der Waals surface area contributed by atoms with E-state index >= 15 is 0 Å². The number of carboxylic acids is 1. The summed E-state index contributed by atoms with van der Waals surface area (Å²) >= 11 is 1.50. The van der Waals surface area contributed by atoms with Crippen LogP contribution in [0.2, 0.25) is 0 Å². The van der Waals surface area contributed by atoms with Gasteiger partial charge in [-0.1, -0.05) is 42.5 Å². The summed E-state index contributed by atoms with van der Waals surface area (Å²) in [6, 6.07) is 14.5. The predicted molar refractivity (Wildman–Crippen MR) is 96.5 cm³/mol. The van der Waals surface area contributed by atoms with Crippen molar-refractivity contribution in [2.24, 2.45) is 5.10 Å². The summed E-state index contributed by atoms with van der Waals surface area (Å²) in [6.45, 7) is 2.04. The predicted octanol–water partition coefficient (Wildman–Crippen LogP) is 3.08. The zero-order valence-corrected chi connectivity index (χ0v) is 14.0. The van der Waals surface area contributed by atoms with Crippen molar-refractivity contribution in [1.29, 1.82) is 0 Å². The van der Waals surface area contributed by atoms with Crippen molar-refractivity contribution in [1.82, 2.24) is 5.43 Å². The van der Waals surface area contributed by atoms with Gasteiger partial charge in [0.15, 0.2) is 0 Å². The lowest BCUT2D eigenvalue weighted by Crippen LogP contribution is -2.20. The number of aryl methyl sites for hydroxylation is 1. The molecule has 0 unspecified atom stereocenters. The van der Waals surface area contributed by atoms with Crippen LogP contribution < -0.4 is 5.43 Å². The molecule has 6 heteroatoms. The van der Waals surface area contributed by atoms with Crippen molar-refractivity contribution in [3.63, 3.8) is 0 Å². The number of rotatable bonds is 7. The molecule has 0 spiro atoms. The molecule has 2 rings (SSSR count). The van der Waals surface area contributed by atoms with E-state index < -0.39 is 5.97 Å². The number of nitrogens with one attached hydrogen (secondary N) is 1. The minimum Gasteiger partial charge on any atom is -0.478 e. The molecule has 0 saturated carbocycles. The molecule has 0 heterocycles. The number of benzene rings is 2. The first-order valence-electron chi connectivity index (χ1n) is 7.34. The van der Waals surface area contributed by atoms with Gasteiger partial charge < -0.3 is 5.11 Å². The smallest absolute Gasteiger partial charge is 0.336 e. The largest absolute Gasteiger partial charge is 0.478 e. The van der Waals surface area contributed by atoms with Gasteiger partial charge in [0, 0.05) is 11.3 Å². The average molecular weight is 342 g/mol. The molecule has 24 heavy (non-hydrogen) atoms. The summed E-state index contributed by atoms with van der Waals surface area (Å²) < 4.78 is 0. The third-order valence-corrected chi connectivity index (χ3v) is 4.32. The van der Waals surface area contributed by atoms with Crippen LogP contribution in [0.3, 0.4) is 0 Å². The number of carbonyl (C=O) groups excluding carboxylic acids is 1. The minimum atomic E-state index is -1.03. The zero-order chi connectivity index (χ0) is 17.4. The molecule has 2 aromatic rings. The molecule has 124 valence electrons. The van der Waals surface area contributed by atoms with Crippen LogP contribution in [0.15, 0.2) is 53.6 Å². The van der Waals surface area contributed by atoms with E-state index in [2.05, 4.69) is 10.5 Å². The Kier molecular flexibility index (Phi) is 6.57. The van der Waals surface area contributed by atoms with Crippen LogP contribution in [0, 0.1) is 6.92 Å². The topological polar surface area (TPSA) is 78.8 Å². The normalized spacial score (nSPS) is 10.7. The Morgan fingerprint density at radius 2 is 1.88 bits per heavy atom. The number of aromatic carboxylic acids is 1. The quantitative estimate of drug-likeness (QED) is 0.599. The van der Waals surface area contributed by atoms with Crippen molar-refractivity contribution in [2.75, 3.05) is 5.75 Å². The molecular formula is C18H18N2O3S. The van der Waals surface area contributed by atoms with Gasteiger partial charge in [0.05, 0.1) is 17.5 Å². The first-order valence-corrected chi connectivity index (χ1v) is 8.50. The van der Waals surface area contributed by atoms with Gasteiger partial charge >= 0.3 is 5.97 Å². The third-order valence-electron chi connectivity index (χ3n) is 3.34. The van der Waals surface area contributed by atoms with Crippen LogP contribution in [0.1, 0.15) is 27.0 Å². The number of nitrogens with zero attached hydrogens (tertiary/aromatic N) is 1. The first-order chi connectivity index (χ1) is 11.6. The van der Waals surface area contributed by atoms with E-state index in [1.807, 2.05) is 31.2 Å². The van der Waals surface area contributed by atoms with Crippen LogP contribution in [0.25, 0.3) is 0 Å². The summed E-state index contributed by atoms with van der Waals surface area (Å²) in [4.78, 5) is 22.8. The summed E-state index contributed by atoms with van der Waals surface area (Å²) in [5.41, 5.74) is 5.41. The maximum atomic E-state index is 11.8. The van der Waals surface area contributed by atoms with Gasteiger partial charge in [0.1, 0.15) is 0 Å². The Hall–Kier alpha value is -2.60. The van der Waals surface area contributed by atoms with E-state index in [0.717, 1.165) is 5.75 Å². The number of amides is 1. The fraction of sp³-hybridized carbons (Fsp3) is 0.167. The molecule has 0 saturated heterocycles. The molecule has 0 fully saturated rings. The molecule has 0 aliphatic carbocycles. The maximum Gasteiger partial charge on any atom is 0.336 e. The number of carbonyl (C=O) groups is 2. The van der Waals surface area contributed by atoms with Gasteiger partial charge in [-0.15, -0.1) is 11.8 Å². The second-order valence-electron chi connectivity index (χ2n) is 5.10. The Morgan fingerprint density at radius 3 is 2.62 bits per heavy atom. The molecule has 2 aromatic carbocycles. The van der Waals surface area contributed by atoms with Gasteiger partial charge in [0.2, 0.25) is 5.91 Å². The molecule has 0 radical (unpaired) electrons. The van der Waals surface area contributed by atoms with Gasteiger partial charge in [-0.05, 0) is 24.1 Å². The van der Waals surface area contributed by atoms with Gasteiger partial charge in [-0.25, -0.2) is 10.2 Å². The highest BCUT2D eigenvalue weighted by molar-refractivity contribution is 7.99. The highest BCUT2D eigenvalue weighted by Crippen LogP contribution is 2.15. The third kappa shape index (κ3) is 5.24. The lowest BCUT2D eigenvalue weighted by Gasteiger charge is -2.04. The molecule has 0 aliphatic rings. The van der Waals surface area contributed by atoms with Crippen molar-refractivity contribution >= 4 is 29.9 Å². The van der Waals surface area contributed by atoms with E-state index in [-0.39, 0.29) is 17.2 Å². The van der Waals surface area contributed by atoms with Crippen molar-refractivity contribution in [2.45, 2.75) is 12.7 Å². The van der Waals surface area contributed by atoms with Gasteiger partial charge in [0.25, 0.3) is 0 Å². The summed E-state index contributed by atoms with van der Waals surface area (Å²) in [5, 5.41) is 12.9. The van der Waals surface area contributed by atoms with Crippen LogP contribution in [0.4, 0.5) is 0 Å². The number of carboxylic acid groups (broad SMARTS) is 1. The second-order valence-corrected chi connectivity index (χ2v) is 6.09. The van der Waals surface area contributed by atoms with Crippen molar-refractivity contribution in [3.8, 4) is 0 Å². The summed E-state index contributed by atoms with van der Waals surface area (Å²) in [5.74, 6) is -0.215. The van der Waals surface area contributed by atoms with E-state index in [4.69, 9.17) is 5.11 Å². The number of hydrazone groups is 1. The highest BCUT2D eigenvalue weighted by atomic mass is 32.2. The fourth-order valence-electron chi connectivity index (χ4n) is 2.04. The molecule has 2 N–H and O–H groups in total. The SMILES string of the molecule is Cc1ccccc1CSCC(=O)NN=Cc1ccccc1C(=O)O. The average Bonchev–Trinajstić information content (AvgIpc) is 2.57. The first kappa shape index (κ1) is 17.7. The maximum absolute atomic E-state index is 11.8. The fourth-order valence-corrected chi connectivity index (χ4v) is 2.93. The van der Waals surface area contributed by atoms with E-state index in [0.29, 0.717) is 5.56 Å². The number of hydrogen-bond acceptors (Lipinski definition) is 4. The molecule has 5 nitrogen and oxygen atoms in total. The van der Waals surface area contributed by atoms with E-state index in [9.17, 15) is 9.59 Å². The Balaban J connectivity index is 1.81. The molecule has 0 atom stereocenters. The highest BCUT2D eigenvalue weighted by Gasteiger charge is 2.07.